The summed E-state index contributed by atoms with van der Waals surface area (Å²) in [6.07, 6.45) is 8.34. The molecule has 3 rings (SSSR count). The van der Waals surface area contributed by atoms with Gasteiger partial charge in [-0.15, -0.1) is 0 Å². The summed E-state index contributed by atoms with van der Waals surface area (Å²) in [5.41, 5.74) is 0.729. The number of anilines is 1. The van der Waals surface area contributed by atoms with Crippen molar-refractivity contribution in [3.63, 3.8) is 0 Å². The fourth-order valence-electron chi connectivity index (χ4n) is 1.94. The second-order valence-corrected chi connectivity index (χ2v) is 5.54. The van der Waals surface area contributed by atoms with Gasteiger partial charge in [0.05, 0.1) is 22.6 Å². The van der Waals surface area contributed by atoms with Crippen LogP contribution in [0.4, 0.5) is 5.69 Å². The Labute approximate surface area is 119 Å². The summed E-state index contributed by atoms with van der Waals surface area (Å²) in [5.74, 6) is 0.997. The lowest BCUT2D eigenvalue weighted by atomic mass is 9.85. The van der Waals surface area contributed by atoms with E-state index in [1.54, 1.807) is 17.1 Å². The van der Waals surface area contributed by atoms with Crippen molar-refractivity contribution in [3.05, 3.63) is 35.2 Å². The van der Waals surface area contributed by atoms with Crippen molar-refractivity contribution in [3.8, 4) is 5.82 Å². The molecule has 0 aliphatic heterocycles. The van der Waals surface area contributed by atoms with Crippen LogP contribution in [0.5, 0.6) is 0 Å². The first-order valence-corrected chi connectivity index (χ1v) is 6.99. The Morgan fingerprint density at radius 1 is 1.37 bits per heavy atom. The number of pyridine rings is 1. The van der Waals surface area contributed by atoms with Gasteiger partial charge in [-0.1, -0.05) is 6.42 Å². The van der Waals surface area contributed by atoms with Crippen molar-refractivity contribution in [1.29, 1.82) is 0 Å². The molecule has 1 saturated carbocycles. The Morgan fingerprint density at radius 2 is 2.21 bits per heavy atom. The van der Waals surface area contributed by atoms with Crippen LogP contribution in [0, 0.1) is 5.92 Å². The minimum Gasteiger partial charge on any atom is -0.324 e. The Bertz CT molecular complexity index is 589. The van der Waals surface area contributed by atoms with E-state index in [0.29, 0.717) is 5.82 Å². The van der Waals surface area contributed by atoms with Gasteiger partial charge in [0.2, 0.25) is 5.91 Å². The third kappa shape index (κ3) is 2.68. The molecule has 1 N–H and O–H groups in total. The van der Waals surface area contributed by atoms with E-state index in [2.05, 4.69) is 31.3 Å². The Balaban J connectivity index is 1.70. The van der Waals surface area contributed by atoms with Crippen LogP contribution in [0.15, 0.2) is 35.2 Å². The number of halogens is 1. The number of rotatable bonds is 3. The maximum atomic E-state index is 11.8. The predicted octanol–water partition coefficient (Wildman–Crippen LogP) is 2.77. The third-order valence-corrected chi connectivity index (χ3v) is 3.69. The van der Waals surface area contributed by atoms with Crippen molar-refractivity contribution >= 4 is 27.5 Å². The zero-order chi connectivity index (χ0) is 13.2. The number of amides is 1. The molecule has 0 unspecified atom stereocenters. The van der Waals surface area contributed by atoms with Crippen LogP contribution >= 0.6 is 15.9 Å². The highest BCUT2D eigenvalue weighted by Gasteiger charge is 2.25. The molecule has 6 heteroatoms. The molecule has 1 aliphatic rings. The molecule has 0 bridgehead atoms. The number of hydrogen-bond acceptors (Lipinski definition) is 3. The van der Waals surface area contributed by atoms with Crippen LogP contribution in [0.2, 0.25) is 0 Å². The molecule has 1 aliphatic carbocycles. The molecule has 0 atom stereocenters. The van der Waals surface area contributed by atoms with E-state index in [9.17, 15) is 4.79 Å². The summed E-state index contributed by atoms with van der Waals surface area (Å²) >= 11 is 3.34. The van der Waals surface area contributed by atoms with Crippen LogP contribution in [-0.2, 0) is 4.79 Å². The fraction of sp³-hybridized carbons (Fsp3) is 0.308. The molecule has 2 heterocycles. The summed E-state index contributed by atoms with van der Waals surface area (Å²) in [6, 6.07) is 3.67. The summed E-state index contributed by atoms with van der Waals surface area (Å²) in [5, 5.41) is 7.03. The van der Waals surface area contributed by atoms with Crippen molar-refractivity contribution in [1.82, 2.24) is 14.8 Å². The summed E-state index contributed by atoms with van der Waals surface area (Å²) in [6.45, 7) is 0. The molecule has 98 valence electrons. The lowest BCUT2D eigenvalue weighted by Gasteiger charge is -2.23. The quantitative estimate of drug-likeness (QED) is 0.946. The SMILES string of the molecule is O=C(Nc1ccc(-n2cc(Br)cn2)nc1)C1CCC1. The zero-order valence-corrected chi connectivity index (χ0v) is 11.8. The minimum atomic E-state index is 0.0997. The Kier molecular flexibility index (Phi) is 3.33. The lowest BCUT2D eigenvalue weighted by molar-refractivity contribution is -0.122. The van der Waals surface area contributed by atoms with Crippen LogP contribution in [0.3, 0.4) is 0 Å². The number of nitrogens with zero attached hydrogens (tertiary/aromatic N) is 3. The van der Waals surface area contributed by atoms with E-state index in [0.717, 1.165) is 29.4 Å². The van der Waals surface area contributed by atoms with Gasteiger partial charge < -0.3 is 5.32 Å². The van der Waals surface area contributed by atoms with Gasteiger partial charge in [-0.05, 0) is 40.9 Å². The van der Waals surface area contributed by atoms with Crippen LogP contribution < -0.4 is 5.32 Å². The summed E-state index contributed by atoms with van der Waals surface area (Å²) in [7, 11) is 0. The number of carbonyl (C=O) groups is 1. The van der Waals surface area contributed by atoms with E-state index in [4.69, 9.17) is 0 Å². The molecular formula is C13H13BrN4O. The van der Waals surface area contributed by atoms with Gasteiger partial charge in [0.1, 0.15) is 0 Å². The highest BCUT2D eigenvalue weighted by molar-refractivity contribution is 9.10. The number of carbonyl (C=O) groups excluding carboxylic acids is 1. The Hall–Kier alpha value is -1.69. The van der Waals surface area contributed by atoms with Crippen molar-refractivity contribution < 1.29 is 4.79 Å². The van der Waals surface area contributed by atoms with Crippen LogP contribution in [0.25, 0.3) is 5.82 Å². The van der Waals surface area contributed by atoms with Gasteiger partial charge in [0, 0.05) is 12.1 Å². The average Bonchev–Trinajstić information content (AvgIpc) is 2.74. The number of hydrogen-bond donors (Lipinski definition) is 1. The second kappa shape index (κ2) is 5.13. The maximum absolute atomic E-state index is 11.8. The van der Waals surface area contributed by atoms with E-state index in [1.165, 1.54) is 0 Å². The van der Waals surface area contributed by atoms with Crippen LogP contribution in [0.1, 0.15) is 19.3 Å². The smallest absolute Gasteiger partial charge is 0.227 e. The van der Waals surface area contributed by atoms with Crippen molar-refractivity contribution in [2.45, 2.75) is 19.3 Å². The number of nitrogens with one attached hydrogen (secondary N) is 1. The summed E-state index contributed by atoms with van der Waals surface area (Å²) in [4.78, 5) is 16.1. The highest BCUT2D eigenvalue weighted by Crippen LogP contribution is 2.27. The molecule has 1 fully saturated rings. The van der Waals surface area contributed by atoms with Gasteiger partial charge in [0.25, 0.3) is 0 Å². The lowest BCUT2D eigenvalue weighted by Crippen LogP contribution is -2.28. The van der Waals surface area contributed by atoms with E-state index >= 15 is 0 Å². The molecule has 2 aromatic heterocycles. The Morgan fingerprint density at radius 3 is 2.74 bits per heavy atom. The number of aromatic nitrogens is 3. The molecule has 19 heavy (non-hydrogen) atoms. The first-order valence-electron chi connectivity index (χ1n) is 6.20. The van der Waals surface area contributed by atoms with Crippen molar-refractivity contribution in [2.24, 2.45) is 5.92 Å². The molecule has 0 spiro atoms. The maximum Gasteiger partial charge on any atom is 0.227 e. The topological polar surface area (TPSA) is 59.8 Å². The van der Waals surface area contributed by atoms with Gasteiger partial charge in [0.15, 0.2) is 5.82 Å². The molecule has 0 radical (unpaired) electrons. The molecule has 0 aromatic carbocycles. The zero-order valence-electron chi connectivity index (χ0n) is 10.2. The van der Waals surface area contributed by atoms with Gasteiger partial charge in [-0.25, -0.2) is 9.67 Å². The van der Waals surface area contributed by atoms with Crippen LogP contribution in [-0.4, -0.2) is 20.7 Å². The van der Waals surface area contributed by atoms with Crippen molar-refractivity contribution in [2.75, 3.05) is 5.32 Å². The van der Waals surface area contributed by atoms with Gasteiger partial charge in [-0.2, -0.15) is 5.10 Å². The highest BCUT2D eigenvalue weighted by atomic mass is 79.9. The van der Waals surface area contributed by atoms with E-state index in [-0.39, 0.29) is 11.8 Å². The monoisotopic (exact) mass is 320 g/mol. The van der Waals surface area contributed by atoms with Gasteiger partial charge in [-0.3, -0.25) is 4.79 Å². The first-order chi connectivity index (χ1) is 9.22. The van der Waals surface area contributed by atoms with Gasteiger partial charge >= 0.3 is 0 Å². The predicted molar refractivity (Wildman–Crippen MR) is 75.0 cm³/mol. The minimum absolute atomic E-state index is 0.0997. The average molecular weight is 321 g/mol. The molecular weight excluding hydrogens is 308 g/mol. The first kappa shape index (κ1) is 12.3. The van der Waals surface area contributed by atoms with E-state index < -0.39 is 0 Å². The molecule has 0 saturated heterocycles. The standard InChI is InChI=1S/C13H13BrN4O/c14-10-6-16-18(8-10)12-5-4-11(7-15-12)17-13(19)9-2-1-3-9/h4-9H,1-3H2,(H,17,19). The largest absolute Gasteiger partial charge is 0.324 e. The van der Waals surface area contributed by atoms with E-state index in [1.807, 2.05) is 18.3 Å². The third-order valence-electron chi connectivity index (χ3n) is 3.28. The second-order valence-electron chi connectivity index (χ2n) is 4.63. The fourth-order valence-corrected chi connectivity index (χ4v) is 2.22. The normalized spacial score (nSPS) is 15.0. The summed E-state index contributed by atoms with van der Waals surface area (Å²) < 4.78 is 2.57. The molecule has 5 nitrogen and oxygen atoms in total. The molecule has 1 amide bonds. The molecule has 2 aromatic rings.